The predicted molar refractivity (Wildman–Crippen MR) is 70.3 cm³/mol. The fourth-order valence-corrected chi connectivity index (χ4v) is 1.67. The highest BCUT2D eigenvalue weighted by molar-refractivity contribution is 5.82. The van der Waals surface area contributed by atoms with Gasteiger partial charge in [0.25, 0.3) is 0 Å². The molecule has 0 saturated carbocycles. The second-order valence-electron chi connectivity index (χ2n) is 5.36. The van der Waals surface area contributed by atoms with Crippen molar-refractivity contribution < 1.29 is 28.5 Å². The van der Waals surface area contributed by atoms with Crippen molar-refractivity contribution in [3.8, 4) is 0 Å². The molecule has 1 N–H and O–H groups in total. The van der Waals surface area contributed by atoms with Gasteiger partial charge in [-0.3, -0.25) is 0 Å². The largest absolute Gasteiger partial charge is 0.464 e. The lowest BCUT2D eigenvalue weighted by atomic mass is 10.1. The molecule has 2 atom stereocenters. The lowest BCUT2D eigenvalue weighted by Crippen LogP contribution is -2.54. The summed E-state index contributed by atoms with van der Waals surface area (Å²) in [5.41, 5.74) is -0.646. The molecule has 0 aromatic rings. The van der Waals surface area contributed by atoms with Gasteiger partial charge >= 0.3 is 12.1 Å². The zero-order valence-electron chi connectivity index (χ0n) is 12.4. The second-order valence-corrected chi connectivity index (χ2v) is 5.36. The molecule has 7 nitrogen and oxygen atoms in total. The normalized spacial score (nSPS) is 20.9. The SMILES string of the molecule is CCOC(=O)C(NC(=O)OC(C)(C)C)C1COCCO1. The van der Waals surface area contributed by atoms with Crippen molar-refractivity contribution in [2.45, 2.75) is 45.4 Å². The zero-order valence-corrected chi connectivity index (χ0v) is 12.4. The number of ether oxygens (including phenoxy) is 4. The number of rotatable bonds is 4. The van der Waals surface area contributed by atoms with Crippen molar-refractivity contribution in [2.24, 2.45) is 0 Å². The number of carbonyl (C=O) groups excluding carboxylic acids is 2. The average molecular weight is 289 g/mol. The van der Waals surface area contributed by atoms with Gasteiger partial charge in [-0.1, -0.05) is 0 Å². The molecule has 1 aliphatic rings. The fourth-order valence-electron chi connectivity index (χ4n) is 1.67. The predicted octanol–water partition coefficient (Wildman–Crippen LogP) is 0.858. The number of alkyl carbamates (subject to hydrolysis) is 1. The lowest BCUT2D eigenvalue weighted by Gasteiger charge is -2.30. The number of hydrogen-bond acceptors (Lipinski definition) is 6. The third-order valence-electron chi connectivity index (χ3n) is 2.43. The summed E-state index contributed by atoms with van der Waals surface area (Å²) < 4.78 is 20.8. The van der Waals surface area contributed by atoms with Crippen LogP contribution >= 0.6 is 0 Å². The summed E-state index contributed by atoms with van der Waals surface area (Å²) >= 11 is 0. The molecular formula is C13H23NO6. The van der Waals surface area contributed by atoms with Crippen LogP contribution in [-0.4, -0.2) is 56.2 Å². The maximum Gasteiger partial charge on any atom is 0.408 e. The van der Waals surface area contributed by atoms with E-state index in [0.717, 1.165) is 0 Å². The van der Waals surface area contributed by atoms with E-state index in [2.05, 4.69) is 5.32 Å². The second kappa shape index (κ2) is 7.44. The number of amides is 1. The number of esters is 1. The van der Waals surface area contributed by atoms with Gasteiger partial charge in [0.15, 0.2) is 6.04 Å². The summed E-state index contributed by atoms with van der Waals surface area (Å²) in [6.07, 6.45) is -1.26. The van der Waals surface area contributed by atoms with Crippen LogP contribution in [0.3, 0.4) is 0 Å². The van der Waals surface area contributed by atoms with E-state index in [1.54, 1.807) is 27.7 Å². The summed E-state index contributed by atoms with van der Waals surface area (Å²) in [5, 5.41) is 2.49. The Kier molecular flexibility index (Phi) is 6.22. The Labute approximate surface area is 118 Å². The average Bonchev–Trinajstić information content (AvgIpc) is 2.35. The fraction of sp³-hybridized carbons (Fsp3) is 0.846. The molecule has 1 saturated heterocycles. The molecule has 1 heterocycles. The Morgan fingerprint density at radius 2 is 2.05 bits per heavy atom. The summed E-state index contributed by atoms with van der Waals surface area (Å²) in [4.78, 5) is 23.7. The summed E-state index contributed by atoms with van der Waals surface area (Å²) in [7, 11) is 0. The molecule has 0 aromatic carbocycles. The molecule has 116 valence electrons. The van der Waals surface area contributed by atoms with Crippen molar-refractivity contribution in [1.29, 1.82) is 0 Å². The Balaban J connectivity index is 2.66. The van der Waals surface area contributed by atoms with Crippen LogP contribution in [0.25, 0.3) is 0 Å². The van der Waals surface area contributed by atoms with Gasteiger partial charge in [0.1, 0.15) is 11.7 Å². The topological polar surface area (TPSA) is 83.1 Å². The van der Waals surface area contributed by atoms with Gasteiger partial charge in [0.2, 0.25) is 0 Å². The van der Waals surface area contributed by atoms with Crippen molar-refractivity contribution >= 4 is 12.1 Å². The molecule has 0 bridgehead atoms. The molecule has 0 radical (unpaired) electrons. The molecule has 2 unspecified atom stereocenters. The smallest absolute Gasteiger partial charge is 0.408 e. The lowest BCUT2D eigenvalue weighted by molar-refractivity contribution is -0.157. The minimum absolute atomic E-state index is 0.221. The highest BCUT2D eigenvalue weighted by Crippen LogP contribution is 2.11. The molecule has 20 heavy (non-hydrogen) atoms. The summed E-state index contributed by atoms with van der Waals surface area (Å²) in [6.45, 7) is 8.21. The van der Waals surface area contributed by atoms with Gasteiger partial charge in [0, 0.05) is 0 Å². The molecule has 0 aliphatic carbocycles. The number of hydrogen-bond donors (Lipinski definition) is 1. The van der Waals surface area contributed by atoms with Crippen LogP contribution in [0.15, 0.2) is 0 Å². The quantitative estimate of drug-likeness (QED) is 0.773. The van der Waals surface area contributed by atoms with Crippen LogP contribution in [-0.2, 0) is 23.7 Å². The van der Waals surface area contributed by atoms with E-state index in [9.17, 15) is 9.59 Å². The Bertz CT molecular complexity index is 332. The van der Waals surface area contributed by atoms with Crippen LogP contribution in [0.1, 0.15) is 27.7 Å². The van der Waals surface area contributed by atoms with Crippen molar-refractivity contribution in [3.05, 3.63) is 0 Å². The van der Waals surface area contributed by atoms with Gasteiger partial charge in [-0.2, -0.15) is 0 Å². The Hall–Kier alpha value is -1.34. The minimum Gasteiger partial charge on any atom is -0.464 e. The number of carbonyl (C=O) groups is 2. The first kappa shape index (κ1) is 16.7. The third kappa shape index (κ3) is 5.75. The minimum atomic E-state index is -0.940. The van der Waals surface area contributed by atoms with Gasteiger partial charge in [-0.15, -0.1) is 0 Å². The van der Waals surface area contributed by atoms with Crippen molar-refractivity contribution in [1.82, 2.24) is 5.32 Å². The molecule has 1 rings (SSSR count). The highest BCUT2D eigenvalue weighted by Gasteiger charge is 2.35. The number of nitrogens with one attached hydrogen (secondary N) is 1. The molecule has 1 fully saturated rings. The third-order valence-corrected chi connectivity index (χ3v) is 2.43. The van der Waals surface area contributed by atoms with E-state index >= 15 is 0 Å². The van der Waals surface area contributed by atoms with Gasteiger partial charge in [-0.05, 0) is 27.7 Å². The van der Waals surface area contributed by atoms with E-state index in [0.29, 0.717) is 13.2 Å². The van der Waals surface area contributed by atoms with E-state index in [1.165, 1.54) is 0 Å². The molecular weight excluding hydrogens is 266 g/mol. The monoisotopic (exact) mass is 289 g/mol. The Morgan fingerprint density at radius 1 is 1.35 bits per heavy atom. The molecule has 0 spiro atoms. The first-order valence-corrected chi connectivity index (χ1v) is 6.69. The summed E-state index contributed by atoms with van der Waals surface area (Å²) in [5.74, 6) is -0.561. The van der Waals surface area contributed by atoms with Crippen LogP contribution in [0.4, 0.5) is 4.79 Å². The van der Waals surface area contributed by atoms with Crippen molar-refractivity contribution in [3.63, 3.8) is 0 Å². The molecule has 7 heteroatoms. The maximum atomic E-state index is 11.9. The van der Waals surface area contributed by atoms with E-state index in [1.807, 2.05) is 0 Å². The summed E-state index contributed by atoms with van der Waals surface area (Å²) in [6, 6.07) is -0.940. The first-order chi connectivity index (χ1) is 9.33. The van der Waals surface area contributed by atoms with E-state index in [4.69, 9.17) is 18.9 Å². The maximum absolute atomic E-state index is 11.9. The van der Waals surface area contributed by atoms with Gasteiger partial charge < -0.3 is 24.3 Å². The van der Waals surface area contributed by atoms with Crippen molar-refractivity contribution in [2.75, 3.05) is 26.4 Å². The Morgan fingerprint density at radius 3 is 2.55 bits per heavy atom. The molecule has 1 amide bonds. The van der Waals surface area contributed by atoms with Crippen LogP contribution in [0.5, 0.6) is 0 Å². The molecule has 1 aliphatic heterocycles. The highest BCUT2D eigenvalue weighted by atomic mass is 16.6. The van der Waals surface area contributed by atoms with Gasteiger partial charge in [0.05, 0.1) is 26.4 Å². The zero-order chi connectivity index (χ0) is 15.2. The van der Waals surface area contributed by atoms with Crippen LogP contribution in [0.2, 0.25) is 0 Å². The van der Waals surface area contributed by atoms with E-state index < -0.39 is 29.8 Å². The van der Waals surface area contributed by atoms with Crippen LogP contribution < -0.4 is 5.32 Å². The van der Waals surface area contributed by atoms with Gasteiger partial charge in [-0.25, -0.2) is 9.59 Å². The molecule has 0 aromatic heterocycles. The first-order valence-electron chi connectivity index (χ1n) is 6.69. The standard InChI is InChI=1S/C13H23NO6/c1-5-18-11(15)10(9-8-17-6-7-19-9)14-12(16)20-13(2,3)4/h9-10H,5-8H2,1-4H3,(H,14,16). The van der Waals surface area contributed by atoms with E-state index in [-0.39, 0.29) is 13.2 Å². The van der Waals surface area contributed by atoms with Crippen LogP contribution in [0, 0.1) is 0 Å².